The Balaban J connectivity index is 1.86. The molecule has 4 nitrogen and oxygen atoms in total. The first kappa shape index (κ1) is 16.4. The van der Waals surface area contributed by atoms with Crippen LogP contribution >= 0.6 is 11.3 Å². The van der Waals surface area contributed by atoms with E-state index in [1.807, 2.05) is 6.07 Å². The fraction of sp³-hybridized carbons (Fsp3) is 0.286. The zero-order valence-electron chi connectivity index (χ0n) is 11.6. The maximum absolute atomic E-state index is 12.5. The zero-order chi connectivity index (χ0) is 16.2. The third-order valence-electron chi connectivity index (χ3n) is 2.81. The number of hydrogen-bond donors (Lipinski definition) is 2. The van der Waals surface area contributed by atoms with Crippen LogP contribution in [0, 0.1) is 0 Å². The number of aromatic nitrogens is 1. The van der Waals surface area contributed by atoms with E-state index in [0.29, 0.717) is 10.7 Å². The van der Waals surface area contributed by atoms with Gasteiger partial charge in [-0.05, 0) is 19.1 Å². The molecule has 0 radical (unpaired) electrons. The summed E-state index contributed by atoms with van der Waals surface area (Å²) >= 11 is 0.915. The van der Waals surface area contributed by atoms with Gasteiger partial charge in [0.15, 0.2) is 5.69 Å². The van der Waals surface area contributed by atoms with Crippen molar-refractivity contribution >= 4 is 22.9 Å². The molecule has 1 heterocycles. The first-order chi connectivity index (χ1) is 10.4. The van der Waals surface area contributed by atoms with E-state index in [9.17, 15) is 18.0 Å². The van der Waals surface area contributed by atoms with Crippen molar-refractivity contribution in [1.29, 1.82) is 0 Å². The second kappa shape index (κ2) is 6.89. The van der Waals surface area contributed by atoms with Crippen molar-refractivity contribution in [3.63, 3.8) is 0 Å². The standard InChI is InChI=1S/C14H14F3N3OS/c1-9(13-20-11(8-22-13)14(15,16)17)18-7-12(21)19-10-5-3-2-4-6-10/h2-6,8-9,18H,7H2,1H3,(H,19,21)/t9-/m1/s1. The summed E-state index contributed by atoms with van der Waals surface area (Å²) in [6.45, 7) is 1.64. The average molecular weight is 329 g/mol. The predicted molar refractivity (Wildman–Crippen MR) is 78.6 cm³/mol. The van der Waals surface area contributed by atoms with Crippen LogP contribution in [0.5, 0.6) is 0 Å². The van der Waals surface area contributed by atoms with E-state index < -0.39 is 17.9 Å². The molecule has 118 valence electrons. The molecule has 1 aromatic heterocycles. The first-order valence-electron chi connectivity index (χ1n) is 6.47. The molecule has 2 aromatic rings. The lowest BCUT2D eigenvalue weighted by Gasteiger charge is -2.11. The van der Waals surface area contributed by atoms with Crippen LogP contribution in [0.2, 0.25) is 0 Å². The Labute approximate surface area is 129 Å². The van der Waals surface area contributed by atoms with E-state index in [0.717, 1.165) is 16.7 Å². The van der Waals surface area contributed by atoms with Crippen molar-refractivity contribution < 1.29 is 18.0 Å². The Morgan fingerprint density at radius 1 is 1.32 bits per heavy atom. The highest BCUT2D eigenvalue weighted by Gasteiger charge is 2.34. The van der Waals surface area contributed by atoms with Crippen molar-refractivity contribution in [3.05, 3.63) is 46.4 Å². The number of para-hydroxylation sites is 1. The van der Waals surface area contributed by atoms with Crippen molar-refractivity contribution in [2.45, 2.75) is 19.1 Å². The van der Waals surface area contributed by atoms with Gasteiger partial charge in [0.25, 0.3) is 0 Å². The highest BCUT2D eigenvalue weighted by atomic mass is 32.1. The lowest BCUT2D eigenvalue weighted by molar-refractivity contribution is -0.140. The largest absolute Gasteiger partial charge is 0.434 e. The summed E-state index contributed by atoms with van der Waals surface area (Å²) in [6.07, 6.45) is -4.45. The number of rotatable bonds is 5. The minimum Gasteiger partial charge on any atom is -0.325 e. The van der Waals surface area contributed by atoms with E-state index in [-0.39, 0.29) is 12.5 Å². The molecule has 0 saturated carbocycles. The van der Waals surface area contributed by atoms with Crippen LogP contribution in [0.4, 0.5) is 18.9 Å². The summed E-state index contributed by atoms with van der Waals surface area (Å²) in [6, 6.07) is 8.47. The minimum absolute atomic E-state index is 0.0169. The molecule has 2 rings (SSSR count). The van der Waals surface area contributed by atoms with Crippen LogP contribution in [0.25, 0.3) is 0 Å². The zero-order valence-corrected chi connectivity index (χ0v) is 12.5. The van der Waals surface area contributed by atoms with Gasteiger partial charge in [0.2, 0.25) is 5.91 Å². The molecule has 0 spiro atoms. The lowest BCUT2D eigenvalue weighted by Crippen LogP contribution is -2.30. The topological polar surface area (TPSA) is 54.0 Å². The van der Waals surface area contributed by atoms with Gasteiger partial charge < -0.3 is 5.32 Å². The molecule has 0 aliphatic heterocycles. The van der Waals surface area contributed by atoms with E-state index in [2.05, 4.69) is 15.6 Å². The van der Waals surface area contributed by atoms with Crippen LogP contribution in [0.1, 0.15) is 23.7 Å². The smallest absolute Gasteiger partial charge is 0.325 e. The normalized spacial score (nSPS) is 12.9. The van der Waals surface area contributed by atoms with Crippen LogP contribution in [-0.4, -0.2) is 17.4 Å². The number of carbonyl (C=O) groups excluding carboxylic acids is 1. The quantitative estimate of drug-likeness (QED) is 0.883. The average Bonchev–Trinajstić information content (AvgIpc) is 2.96. The van der Waals surface area contributed by atoms with Gasteiger partial charge in [-0.15, -0.1) is 11.3 Å². The summed E-state index contributed by atoms with van der Waals surface area (Å²) in [5, 5.41) is 6.79. The third kappa shape index (κ3) is 4.54. The number of hydrogen-bond acceptors (Lipinski definition) is 4. The lowest BCUT2D eigenvalue weighted by atomic mass is 10.3. The monoisotopic (exact) mass is 329 g/mol. The van der Waals surface area contributed by atoms with Crippen molar-refractivity contribution in [1.82, 2.24) is 10.3 Å². The molecule has 0 aliphatic carbocycles. The number of alkyl halides is 3. The molecule has 1 aromatic carbocycles. The predicted octanol–water partition coefficient (Wildman–Crippen LogP) is 3.45. The molecule has 22 heavy (non-hydrogen) atoms. The summed E-state index contributed by atoms with van der Waals surface area (Å²) in [4.78, 5) is 15.3. The Kier molecular flexibility index (Phi) is 5.15. The fourth-order valence-corrected chi connectivity index (χ4v) is 2.53. The second-order valence-corrected chi connectivity index (χ2v) is 5.48. The summed E-state index contributed by atoms with van der Waals surface area (Å²) in [5.74, 6) is -0.273. The molecule has 0 unspecified atom stereocenters. The number of nitrogens with one attached hydrogen (secondary N) is 2. The van der Waals surface area contributed by atoms with Gasteiger partial charge in [0, 0.05) is 11.1 Å². The molecular weight excluding hydrogens is 315 g/mol. The van der Waals surface area contributed by atoms with Crippen molar-refractivity contribution in [2.75, 3.05) is 11.9 Å². The molecule has 8 heteroatoms. The van der Waals surface area contributed by atoms with E-state index >= 15 is 0 Å². The summed E-state index contributed by atoms with van der Waals surface area (Å²) < 4.78 is 37.4. The number of anilines is 1. The van der Waals surface area contributed by atoms with Crippen molar-refractivity contribution in [2.24, 2.45) is 0 Å². The van der Waals surface area contributed by atoms with Crippen molar-refractivity contribution in [3.8, 4) is 0 Å². The molecule has 0 bridgehead atoms. The van der Waals surface area contributed by atoms with Crippen LogP contribution in [0.15, 0.2) is 35.7 Å². The van der Waals surface area contributed by atoms with Crippen LogP contribution < -0.4 is 10.6 Å². The number of halogens is 3. The first-order valence-corrected chi connectivity index (χ1v) is 7.35. The van der Waals surface area contributed by atoms with Gasteiger partial charge in [-0.25, -0.2) is 4.98 Å². The molecule has 2 N–H and O–H groups in total. The Hall–Kier alpha value is -1.93. The Morgan fingerprint density at radius 2 is 2.00 bits per heavy atom. The number of thiazole rings is 1. The Bertz CT molecular complexity index is 628. The minimum atomic E-state index is -4.45. The fourth-order valence-electron chi connectivity index (χ4n) is 1.68. The van der Waals surface area contributed by atoms with Gasteiger partial charge >= 0.3 is 6.18 Å². The molecule has 0 aliphatic rings. The van der Waals surface area contributed by atoms with Gasteiger partial charge in [0.05, 0.1) is 12.6 Å². The van der Waals surface area contributed by atoms with Gasteiger partial charge in [-0.3, -0.25) is 10.1 Å². The highest BCUT2D eigenvalue weighted by Crippen LogP contribution is 2.31. The number of carbonyl (C=O) groups is 1. The SMILES string of the molecule is C[C@@H](NCC(=O)Nc1ccccc1)c1nc(C(F)(F)F)cs1. The molecule has 0 saturated heterocycles. The maximum atomic E-state index is 12.5. The van der Waals surface area contributed by atoms with Gasteiger partial charge in [-0.1, -0.05) is 18.2 Å². The number of benzene rings is 1. The maximum Gasteiger partial charge on any atom is 0.434 e. The Morgan fingerprint density at radius 3 is 2.59 bits per heavy atom. The third-order valence-corrected chi connectivity index (χ3v) is 3.84. The van der Waals surface area contributed by atoms with Crippen LogP contribution in [0.3, 0.4) is 0 Å². The van der Waals surface area contributed by atoms with Crippen LogP contribution in [-0.2, 0) is 11.0 Å². The molecule has 1 atom stereocenters. The number of nitrogens with zero attached hydrogens (tertiary/aromatic N) is 1. The molecular formula is C14H14F3N3OS. The van der Waals surface area contributed by atoms with Gasteiger partial charge in [0.1, 0.15) is 5.01 Å². The summed E-state index contributed by atoms with van der Waals surface area (Å²) in [7, 11) is 0. The molecule has 1 amide bonds. The van der Waals surface area contributed by atoms with Gasteiger partial charge in [-0.2, -0.15) is 13.2 Å². The second-order valence-electron chi connectivity index (χ2n) is 4.59. The van der Waals surface area contributed by atoms with E-state index in [1.54, 1.807) is 31.2 Å². The number of amides is 1. The highest BCUT2D eigenvalue weighted by molar-refractivity contribution is 7.09. The molecule has 0 fully saturated rings. The van der Waals surface area contributed by atoms with E-state index in [4.69, 9.17) is 0 Å². The van der Waals surface area contributed by atoms with E-state index in [1.165, 1.54) is 0 Å². The summed E-state index contributed by atoms with van der Waals surface area (Å²) in [5.41, 5.74) is -0.245.